The molecule has 0 atom stereocenters. The van der Waals surface area contributed by atoms with E-state index in [0.29, 0.717) is 11.6 Å². The average Bonchev–Trinajstić information content (AvgIpc) is 3.19. The van der Waals surface area contributed by atoms with Crippen LogP contribution in [0.1, 0.15) is 72.0 Å². The highest BCUT2D eigenvalue weighted by atomic mass is 16.5. The normalized spacial score (nSPS) is 20.0. The van der Waals surface area contributed by atoms with E-state index in [0.717, 1.165) is 57.5 Å². The summed E-state index contributed by atoms with van der Waals surface area (Å²) in [6.07, 6.45) is 7.99. The number of esters is 1. The number of carbonyl (C=O) groups is 2. The van der Waals surface area contributed by atoms with Crippen LogP contribution in [-0.4, -0.2) is 49.7 Å². The second-order valence-electron chi connectivity index (χ2n) is 10.6. The molecule has 6 heteroatoms. The maximum absolute atomic E-state index is 13.4. The number of rotatable bonds is 4. The van der Waals surface area contributed by atoms with Crippen molar-refractivity contribution in [2.75, 3.05) is 31.6 Å². The monoisotopic (exact) mass is 475 g/mol. The number of fused-ring (bicyclic) bond motifs is 2. The maximum atomic E-state index is 13.4. The molecule has 1 saturated carbocycles. The van der Waals surface area contributed by atoms with Gasteiger partial charge in [0.25, 0.3) is 0 Å². The molecule has 2 aromatic rings. The summed E-state index contributed by atoms with van der Waals surface area (Å²) in [4.78, 5) is 29.6. The van der Waals surface area contributed by atoms with E-state index in [1.807, 2.05) is 29.2 Å². The second kappa shape index (κ2) is 10.0. The van der Waals surface area contributed by atoms with Gasteiger partial charge in [0.15, 0.2) is 0 Å². The van der Waals surface area contributed by atoms with Crippen LogP contribution in [0.5, 0.6) is 0 Å². The average molecular weight is 476 g/mol. The van der Waals surface area contributed by atoms with Gasteiger partial charge in [-0.1, -0.05) is 49.1 Å². The van der Waals surface area contributed by atoms with E-state index in [1.165, 1.54) is 43.1 Å². The van der Waals surface area contributed by atoms with Crippen molar-refractivity contribution in [3.63, 3.8) is 0 Å². The summed E-state index contributed by atoms with van der Waals surface area (Å²) in [5.41, 5.74) is 5.50. The number of aryl methyl sites for hydroxylation is 1. The van der Waals surface area contributed by atoms with Crippen LogP contribution in [-0.2, 0) is 16.7 Å². The van der Waals surface area contributed by atoms with Gasteiger partial charge >= 0.3 is 12.0 Å². The van der Waals surface area contributed by atoms with Gasteiger partial charge in [-0.25, -0.2) is 9.59 Å². The number of amides is 2. The molecule has 0 unspecified atom stereocenters. The minimum Gasteiger partial charge on any atom is -0.465 e. The number of nitrogens with zero attached hydrogens (tertiary/aromatic N) is 2. The van der Waals surface area contributed by atoms with Gasteiger partial charge in [-0.05, 0) is 75.0 Å². The van der Waals surface area contributed by atoms with Crippen molar-refractivity contribution in [1.29, 1.82) is 0 Å². The largest absolute Gasteiger partial charge is 0.465 e. The Morgan fingerprint density at radius 3 is 2.43 bits per heavy atom. The SMILES string of the molecule is COC(=O)c1ccc(CN2CCC3(CC2)CN(C(=O)NC2CCCCC2)c2ccc(C)cc23)cc1. The summed E-state index contributed by atoms with van der Waals surface area (Å²) in [7, 11) is 1.41. The number of anilines is 1. The number of nitrogens with one attached hydrogen (secondary N) is 1. The Labute approximate surface area is 208 Å². The molecule has 1 spiro atoms. The van der Waals surface area contributed by atoms with E-state index in [2.05, 4.69) is 35.3 Å². The molecule has 0 bridgehead atoms. The van der Waals surface area contributed by atoms with Crippen LogP contribution in [0.2, 0.25) is 0 Å². The highest BCUT2D eigenvalue weighted by molar-refractivity contribution is 5.95. The van der Waals surface area contributed by atoms with Crippen molar-refractivity contribution in [2.24, 2.45) is 0 Å². The van der Waals surface area contributed by atoms with Gasteiger partial charge < -0.3 is 10.1 Å². The molecule has 3 aliphatic rings. The summed E-state index contributed by atoms with van der Waals surface area (Å²) >= 11 is 0. The minimum absolute atomic E-state index is 0.0243. The molecule has 1 aliphatic carbocycles. The summed E-state index contributed by atoms with van der Waals surface area (Å²) in [5.74, 6) is -0.302. The fraction of sp³-hybridized carbons (Fsp3) is 0.517. The molecule has 6 nitrogen and oxygen atoms in total. The van der Waals surface area contributed by atoms with Crippen LogP contribution >= 0.6 is 0 Å². The molecule has 1 N–H and O–H groups in total. The van der Waals surface area contributed by atoms with Crippen LogP contribution < -0.4 is 10.2 Å². The topological polar surface area (TPSA) is 61.9 Å². The lowest BCUT2D eigenvalue weighted by Crippen LogP contribution is -2.49. The second-order valence-corrected chi connectivity index (χ2v) is 10.6. The Balaban J connectivity index is 1.27. The number of methoxy groups -OCH3 is 1. The minimum atomic E-state index is -0.302. The molecular weight excluding hydrogens is 438 g/mol. The molecule has 2 fully saturated rings. The Morgan fingerprint density at radius 2 is 1.74 bits per heavy atom. The molecule has 5 rings (SSSR count). The first-order chi connectivity index (χ1) is 17.0. The standard InChI is InChI=1S/C29H37N3O3/c1-21-8-13-26-25(18-21)29(20-32(26)28(34)30-24-6-4-3-5-7-24)14-16-31(17-15-29)19-22-9-11-23(12-10-22)27(33)35-2/h8-13,18,24H,3-7,14-17,19-20H2,1-2H3,(H,30,34). The third-order valence-corrected chi connectivity index (χ3v) is 8.25. The lowest BCUT2D eigenvalue weighted by Gasteiger charge is -2.40. The van der Waals surface area contributed by atoms with Crippen LogP contribution in [0.3, 0.4) is 0 Å². The lowest BCUT2D eigenvalue weighted by molar-refractivity contribution is 0.0600. The summed E-state index contributed by atoms with van der Waals surface area (Å²) in [5, 5.41) is 3.34. The van der Waals surface area contributed by atoms with E-state index in [4.69, 9.17) is 4.74 Å². The highest BCUT2D eigenvalue weighted by Crippen LogP contribution is 2.47. The molecule has 0 aromatic heterocycles. The van der Waals surface area contributed by atoms with Crippen molar-refractivity contribution in [2.45, 2.75) is 69.9 Å². The third kappa shape index (κ3) is 4.94. The Hall–Kier alpha value is -2.86. The molecule has 1 saturated heterocycles. The van der Waals surface area contributed by atoms with Gasteiger partial charge in [0.05, 0.1) is 12.7 Å². The van der Waals surface area contributed by atoms with E-state index >= 15 is 0 Å². The summed E-state index contributed by atoms with van der Waals surface area (Å²) in [6.45, 7) is 5.76. The van der Waals surface area contributed by atoms with Crippen molar-refractivity contribution >= 4 is 17.7 Å². The van der Waals surface area contributed by atoms with E-state index < -0.39 is 0 Å². The summed E-state index contributed by atoms with van der Waals surface area (Å²) < 4.78 is 4.80. The first-order valence-corrected chi connectivity index (χ1v) is 13.1. The molecule has 2 aromatic carbocycles. The Morgan fingerprint density at radius 1 is 1.03 bits per heavy atom. The van der Waals surface area contributed by atoms with Gasteiger partial charge in [-0.3, -0.25) is 9.80 Å². The number of hydrogen-bond donors (Lipinski definition) is 1. The zero-order chi connectivity index (χ0) is 24.4. The van der Waals surface area contributed by atoms with Crippen molar-refractivity contribution in [3.05, 3.63) is 64.7 Å². The number of urea groups is 1. The van der Waals surface area contributed by atoms with Crippen LogP contribution in [0, 0.1) is 6.92 Å². The van der Waals surface area contributed by atoms with E-state index in [-0.39, 0.29) is 17.4 Å². The molecule has 2 amide bonds. The number of hydrogen-bond acceptors (Lipinski definition) is 4. The van der Waals surface area contributed by atoms with Crippen molar-refractivity contribution in [3.8, 4) is 0 Å². The van der Waals surface area contributed by atoms with Gasteiger partial charge in [0, 0.05) is 30.2 Å². The van der Waals surface area contributed by atoms with Crippen LogP contribution in [0.25, 0.3) is 0 Å². The zero-order valence-electron chi connectivity index (χ0n) is 21.0. The Bertz CT molecular complexity index is 1070. The number of piperidine rings is 1. The third-order valence-electron chi connectivity index (χ3n) is 8.25. The van der Waals surface area contributed by atoms with E-state index in [9.17, 15) is 9.59 Å². The fourth-order valence-electron chi connectivity index (χ4n) is 6.15. The van der Waals surface area contributed by atoms with Crippen molar-refractivity contribution in [1.82, 2.24) is 10.2 Å². The van der Waals surface area contributed by atoms with E-state index in [1.54, 1.807) is 0 Å². The lowest BCUT2D eigenvalue weighted by atomic mass is 9.74. The van der Waals surface area contributed by atoms with Gasteiger partial charge in [-0.15, -0.1) is 0 Å². The molecule has 0 radical (unpaired) electrons. The number of carbonyl (C=O) groups excluding carboxylic acids is 2. The maximum Gasteiger partial charge on any atom is 0.337 e. The molecule has 2 heterocycles. The zero-order valence-corrected chi connectivity index (χ0v) is 21.0. The predicted octanol–water partition coefficient (Wildman–Crippen LogP) is 5.18. The van der Waals surface area contributed by atoms with Gasteiger partial charge in [0.2, 0.25) is 0 Å². The molecule has 35 heavy (non-hydrogen) atoms. The molecule has 186 valence electrons. The Kier molecular flexibility index (Phi) is 6.83. The van der Waals surface area contributed by atoms with Crippen LogP contribution in [0.4, 0.5) is 10.5 Å². The number of benzene rings is 2. The fourth-order valence-corrected chi connectivity index (χ4v) is 6.15. The van der Waals surface area contributed by atoms with Crippen molar-refractivity contribution < 1.29 is 14.3 Å². The molecular formula is C29H37N3O3. The first-order valence-electron chi connectivity index (χ1n) is 13.1. The number of ether oxygens (including phenoxy) is 1. The van der Waals surface area contributed by atoms with Gasteiger partial charge in [0.1, 0.15) is 0 Å². The first kappa shape index (κ1) is 23.9. The number of likely N-dealkylation sites (tertiary alicyclic amines) is 1. The summed E-state index contributed by atoms with van der Waals surface area (Å²) in [6, 6.07) is 14.7. The predicted molar refractivity (Wildman–Crippen MR) is 138 cm³/mol. The highest BCUT2D eigenvalue weighted by Gasteiger charge is 2.46. The van der Waals surface area contributed by atoms with Gasteiger partial charge in [-0.2, -0.15) is 0 Å². The molecule has 2 aliphatic heterocycles. The quantitative estimate of drug-likeness (QED) is 0.619. The van der Waals surface area contributed by atoms with Crippen LogP contribution in [0.15, 0.2) is 42.5 Å². The smallest absolute Gasteiger partial charge is 0.337 e.